The van der Waals surface area contributed by atoms with Crippen molar-refractivity contribution in [1.82, 2.24) is 9.80 Å². The van der Waals surface area contributed by atoms with E-state index in [9.17, 15) is 8.42 Å². The largest absolute Gasteiger partial charge is 0.369 e. The molecule has 0 fully saturated rings. The third kappa shape index (κ3) is 6.74. The molecule has 0 radical (unpaired) electrons. The Morgan fingerprint density at radius 3 is 2.23 bits per heavy atom. The van der Waals surface area contributed by atoms with Gasteiger partial charge in [-0.2, -0.15) is 4.99 Å². The molecule has 3 aliphatic rings. The SMILES string of the molecule is CN(C)C(N)=NC1=NS(=O)(=O)C2(c3ccc(Cl)cc3)CCCN=C(c3ccc(Cl)cc3)C(c3ccccc3)CN1CCC2. The summed E-state index contributed by atoms with van der Waals surface area (Å²) in [7, 11) is -0.605. The van der Waals surface area contributed by atoms with Crippen LogP contribution in [0.3, 0.4) is 0 Å². The highest BCUT2D eigenvalue weighted by atomic mass is 35.5. The molecule has 11 heteroatoms. The number of nitrogens with two attached hydrogens (primary N) is 1. The summed E-state index contributed by atoms with van der Waals surface area (Å²) < 4.78 is 32.1. The van der Waals surface area contributed by atoms with Gasteiger partial charge in [0.05, 0.1) is 5.71 Å². The molecule has 3 aromatic carbocycles. The van der Waals surface area contributed by atoms with Crippen molar-refractivity contribution in [2.45, 2.75) is 36.3 Å². The number of fused-ring (bicyclic) bond motifs is 8. The van der Waals surface area contributed by atoms with Crippen molar-refractivity contribution in [3.63, 3.8) is 0 Å². The second-order valence-electron chi connectivity index (χ2n) is 11.1. The van der Waals surface area contributed by atoms with Crippen LogP contribution < -0.4 is 5.73 Å². The number of hydrogen-bond acceptors (Lipinski definition) is 5. The fourth-order valence-electron chi connectivity index (χ4n) is 5.79. The predicted octanol–water partition coefficient (Wildman–Crippen LogP) is 5.91. The molecular weight excluding hydrogens is 603 g/mol. The predicted molar refractivity (Wildman–Crippen MR) is 177 cm³/mol. The first-order valence-electron chi connectivity index (χ1n) is 14.3. The van der Waals surface area contributed by atoms with E-state index in [1.807, 2.05) is 47.4 Å². The highest BCUT2D eigenvalue weighted by Gasteiger charge is 2.46. The molecule has 0 saturated heterocycles. The van der Waals surface area contributed by atoms with E-state index in [4.69, 9.17) is 33.9 Å². The van der Waals surface area contributed by atoms with Gasteiger partial charge in [-0.1, -0.05) is 77.8 Å². The van der Waals surface area contributed by atoms with Gasteiger partial charge in [0.2, 0.25) is 5.96 Å². The van der Waals surface area contributed by atoms with Crippen LogP contribution in [0.5, 0.6) is 0 Å². The van der Waals surface area contributed by atoms with Gasteiger partial charge in [-0.15, -0.1) is 4.40 Å². The minimum Gasteiger partial charge on any atom is -0.369 e. The van der Waals surface area contributed by atoms with Gasteiger partial charge in [-0.05, 0) is 66.6 Å². The Morgan fingerprint density at radius 2 is 1.58 bits per heavy atom. The molecular formula is C32H36Cl2N6O2S. The number of nitrogens with zero attached hydrogens (tertiary/aromatic N) is 5. The highest BCUT2D eigenvalue weighted by molar-refractivity contribution is 7.91. The second-order valence-corrected chi connectivity index (χ2v) is 13.9. The Labute approximate surface area is 264 Å². The summed E-state index contributed by atoms with van der Waals surface area (Å²) in [6, 6.07) is 24.9. The number of aliphatic imine (C=N–C) groups is 2. The molecule has 0 saturated carbocycles. The molecule has 8 nitrogen and oxygen atoms in total. The number of benzene rings is 3. The molecule has 3 aliphatic heterocycles. The number of sulfonamides is 1. The van der Waals surface area contributed by atoms with Gasteiger partial charge in [0.1, 0.15) is 4.75 Å². The van der Waals surface area contributed by atoms with E-state index >= 15 is 0 Å². The Morgan fingerprint density at radius 1 is 0.953 bits per heavy atom. The molecule has 0 aromatic heterocycles. The quantitative estimate of drug-likeness (QED) is 0.284. The molecule has 226 valence electrons. The molecule has 3 aromatic rings. The standard InChI is InChI=1S/C32H36Cl2N6O2S/c1-39(2)30(35)37-31-38-43(41,42)32(25-12-16-27(34)17-13-25)18-6-20-36-29(24-10-14-26(33)15-11-24)28(22-40(31)21-7-19-32)23-8-4-3-5-9-23/h3-5,8-17,28H,6-7,18-22H2,1-2H3,(H2,35,37,38). The van der Waals surface area contributed by atoms with Crippen LogP contribution in [-0.2, 0) is 14.8 Å². The minimum atomic E-state index is -4.12. The topological polar surface area (TPSA) is 104 Å². The molecule has 43 heavy (non-hydrogen) atoms. The second kappa shape index (κ2) is 13.1. The van der Waals surface area contributed by atoms with Gasteiger partial charge in [0.25, 0.3) is 10.0 Å². The van der Waals surface area contributed by atoms with Crippen LogP contribution in [0.15, 0.2) is 93.2 Å². The minimum absolute atomic E-state index is 0.0706. The van der Waals surface area contributed by atoms with Gasteiger partial charge in [0.15, 0.2) is 5.96 Å². The number of hydrogen-bond donors (Lipinski definition) is 1. The van der Waals surface area contributed by atoms with Gasteiger partial charge in [-0.25, -0.2) is 8.42 Å². The Kier molecular flexibility index (Phi) is 9.44. The number of halogens is 2. The van der Waals surface area contributed by atoms with Gasteiger partial charge in [0, 0.05) is 49.7 Å². The van der Waals surface area contributed by atoms with E-state index in [1.165, 1.54) is 0 Å². The van der Waals surface area contributed by atoms with Gasteiger partial charge < -0.3 is 15.5 Å². The molecule has 3 heterocycles. The molecule has 6 rings (SSSR count). The normalized spacial score (nSPS) is 22.9. The van der Waals surface area contributed by atoms with Crippen LogP contribution in [0.1, 0.15) is 48.3 Å². The third-order valence-corrected chi connectivity index (χ3v) is 10.7. The van der Waals surface area contributed by atoms with Crippen molar-refractivity contribution >= 4 is 50.9 Å². The zero-order chi connectivity index (χ0) is 30.6. The summed E-state index contributed by atoms with van der Waals surface area (Å²) in [6.45, 7) is 1.39. The summed E-state index contributed by atoms with van der Waals surface area (Å²) in [5, 5.41) is 1.19. The summed E-state index contributed by atoms with van der Waals surface area (Å²) in [4.78, 5) is 13.3. The van der Waals surface area contributed by atoms with Crippen LogP contribution in [0.25, 0.3) is 0 Å². The molecule has 0 aliphatic carbocycles. The maximum absolute atomic E-state index is 14.4. The van der Waals surface area contributed by atoms with Crippen LogP contribution in [0.4, 0.5) is 0 Å². The maximum atomic E-state index is 14.4. The van der Waals surface area contributed by atoms with Crippen molar-refractivity contribution in [2.75, 3.05) is 33.7 Å². The average molecular weight is 640 g/mol. The van der Waals surface area contributed by atoms with Crippen LogP contribution in [0.2, 0.25) is 10.0 Å². The third-order valence-electron chi connectivity index (χ3n) is 8.13. The van der Waals surface area contributed by atoms with E-state index < -0.39 is 14.8 Å². The van der Waals surface area contributed by atoms with E-state index in [2.05, 4.69) is 21.5 Å². The first kappa shape index (κ1) is 31.0. The molecule has 2 bridgehead atoms. The number of guanidine groups is 2. The van der Waals surface area contributed by atoms with Crippen molar-refractivity contribution in [3.05, 3.63) is 106 Å². The van der Waals surface area contributed by atoms with Crippen molar-refractivity contribution in [3.8, 4) is 0 Å². The van der Waals surface area contributed by atoms with E-state index in [1.54, 1.807) is 43.3 Å². The zero-order valence-corrected chi connectivity index (χ0v) is 26.7. The van der Waals surface area contributed by atoms with E-state index in [0.717, 1.165) is 16.8 Å². The summed E-state index contributed by atoms with van der Waals surface area (Å²) in [5.74, 6) is 0.0266. The summed E-state index contributed by atoms with van der Waals surface area (Å²) in [5.41, 5.74) is 9.86. The first-order valence-corrected chi connectivity index (χ1v) is 16.5. The molecule has 2 atom stereocenters. The van der Waals surface area contributed by atoms with Crippen LogP contribution in [-0.4, -0.2) is 69.6 Å². The molecule has 2 N–H and O–H groups in total. The van der Waals surface area contributed by atoms with Crippen molar-refractivity contribution in [1.29, 1.82) is 0 Å². The van der Waals surface area contributed by atoms with Crippen LogP contribution in [0, 0.1) is 0 Å². The highest BCUT2D eigenvalue weighted by Crippen LogP contribution is 2.43. The zero-order valence-electron chi connectivity index (χ0n) is 24.3. The van der Waals surface area contributed by atoms with Gasteiger partial charge in [-0.3, -0.25) is 4.99 Å². The lowest BCUT2D eigenvalue weighted by Crippen LogP contribution is -2.45. The number of rotatable bonds is 3. The van der Waals surface area contributed by atoms with E-state index in [0.29, 0.717) is 60.9 Å². The Hall–Kier alpha value is -3.40. The lowest BCUT2D eigenvalue weighted by atomic mass is 9.87. The fraction of sp³-hybridized carbons (Fsp3) is 0.344. The van der Waals surface area contributed by atoms with Crippen molar-refractivity contribution < 1.29 is 8.42 Å². The smallest absolute Gasteiger partial charge is 0.266 e. The maximum Gasteiger partial charge on any atom is 0.266 e. The average Bonchev–Trinajstić information content (AvgIpc) is 2.98. The summed E-state index contributed by atoms with van der Waals surface area (Å²) in [6.07, 6.45) is 1.89. The van der Waals surface area contributed by atoms with E-state index in [-0.39, 0.29) is 17.8 Å². The van der Waals surface area contributed by atoms with Gasteiger partial charge >= 0.3 is 0 Å². The lowest BCUT2D eigenvalue weighted by Gasteiger charge is -2.38. The monoisotopic (exact) mass is 638 g/mol. The van der Waals surface area contributed by atoms with Crippen molar-refractivity contribution in [2.24, 2.45) is 20.1 Å². The van der Waals surface area contributed by atoms with Crippen LogP contribution >= 0.6 is 23.2 Å². The molecule has 0 amide bonds. The Bertz CT molecular complexity index is 1620. The molecule has 0 spiro atoms. The fourth-order valence-corrected chi connectivity index (χ4v) is 7.83. The Balaban J connectivity index is 1.73. The first-order chi connectivity index (χ1) is 20.6. The lowest BCUT2D eigenvalue weighted by molar-refractivity contribution is 0.357. The summed E-state index contributed by atoms with van der Waals surface area (Å²) >= 11 is 12.5. The molecule has 2 unspecified atom stereocenters.